The monoisotopic (exact) mass is 338 g/mol. The van der Waals surface area contributed by atoms with Crippen LogP contribution in [-0.2, 0) is 14.1 Å². The van der Waals surface area contributed by atoms with Gasteiger partial charge in [-0.1, -0.05) is 11.6 Å². The van der Waals surface area contributed by atoms with Gasteiger partial charge in [-0.15, -0.1) is 0 Å². The fourth-order valence-corrected chi connectivity index (χ4v) is 2.74. The second-order valence-electron chi connectivity index (χ2n) is 5.61. The summed E-state index contributed by atoms with van der Waals surface area (Å²) in [7, 11) is 3.79. The van der Waals surface area contributed by atoms with Crippen LogP contribution in [-0.4, -0.2) is 29.3 Å². The maximum absolute atomic E-state index is 6.01. The largest absolute Gasteiger partial charge is 0.275 e. The van der Waals surface area contributed by atoms with Gasteiger partial charge < -0.3 is 0 Å². The number of halogens is 1. The lowest BCUT2D eigenvalue weighted by Gasteiger charge is -2.05. The fourth-order valence-electron chi connectivity index (χ4n) is 2.61. The number of aromatic nitrogens is 6. The third kappa shape index (κ3) is 2.61. The molecule has 4 rings (SSSR count). The van der Waals surface area contributed by atoms with Gasteiger partial charge in [0.2, 0.25) is 0 Å². The predicted molar refractivity (Wildman–Crippen MR) is 93.0 cm³/mol. The Morgan fingerprint density at radius 1 is 0.875 bits per heavy atom. The van der Waals surface area contributed by atoms with Gasteiger partial charge in [0, 0.05) is 42.6 Å². The quantitative estimate of drug-likeness (QED) is 0.575. The van der Waals surface area contributed by atoms with Crippen molar-refractivity contribution in [1.82, 2.24) is 29.3 Å². The van der Waals surface area contributed by atoms with Crippen LogP contribution < -0.4 is 0 Å². The van der Waals surface area contributed by atoms with Crippen molar-refractivity contribution in [1.29, 1.82) is 0 Å². The Labute approximate surface area is 143 Å². The molecule has 0 radical (unpaired) electrons. The molecular weight excluding hydrogens is 324 g/mol. The second-order valence-corrected chi connectivity index (χ2v) is 6.04. The number of nitrogens with zero attached hydrogens (tertiary/aromatic N) is 6. The molecule has 120 valence electrons. The van der Waals surface area contributed by atoms with Crippen molar-refractivity contribution < 1.29 is 0 Å². The smallest absolute Gasteiger partial charge is 0.0965 e. The standard InChI is InChI=1S/C17H15ClN6/c1-22-10-12(8-19-22)16-7-17(13-9-20-23(2)11-13)24(21-16)15-5-3-14(18)4-6-15/h3-11H,1-2H3. The van der Waals surface area contributed by atoms with Gasteiger partial charge in [0.25, 0.3) is 0 Å². The lowest BCUT2D eigenvalue weighted by molar-refractivity contribution is 0.767. The van der Waals surface area contributed by atoms with Gasteiger partial charge in [0.15, 0.2) is 0 Å². The molecule has 0 saturated heterocycles. The molecule has 0 fully saturated rings. The van der Waals surface area contributed by atoms with Crippen molar-refractivity contribution in [3.63, 3.8) is 0 Å². The first-order chi connectivity index (χ1) is 11.6. The Morgan fingerprint density at radius 2 is 1.50 bits per heavy atom. The van der Waals surface area contributed by atoms with Crippen molar-refractivity contribution in [2.24, 2.45) is 14.1 Å². The van der Waals surface area contributed by atoms with Crippen LogP contribution in [0.1, 0.15) is 0 Å². The molecule has 0 unspecified atom stereocenters. The Bertz CT molecular complexity index is 992. The summed E-state index contributed by atoms with van der Waals surface area (Å²) in [6.07, 6.45) is 7.55. The highest BCUT2D eigenvalue weighted by Crippen LogP contribution is 2.28. The Morgan fingerprint density at radius 3 is 2.08 bits per heavy atom. The third-order valence-electron chi connectivity index (χ3n) is 3.78. The van der Waals surface area contributed by atoms with E-state index >= 15 is 0 Å². The highest BCUT2D eigenvalue weighted by Gasteiger charge is 2.15. The lowest BCUT2D eigenvalue weighted by Crippen LogP contribution is -1.98. The summed E-state index contributed by atoms with van der Waals surface area (Å²) in [6.45, 7) is 0. The zero-order valence-corrected chi connectivity index (χ0v) is 14.0. The van der Waals surface area contributed by atoms with Crippen LogP contribution in [0.25, 0.3) is 28.2 Å². The fraction of sp³-hybridized carbons (Fsp3) is 0.118. The molecule has 4 aromatic rings. The summed E-state index contributed by atoms with van der Waals surface area (Å²) in [5, 5.41) is 14.0. The number of hydrogen-bond acceptors (Lipinski definition) is 3. The SMILES string of the molecule is Cn1cc(-c2cc(-c3cnn(C)c3)n(-c3ccc(Cl)cc3)n2)cn1. The maximum Gasteiger partial charge on any atom is 0.0965 e. The average molecular weight is 339 g/mol. The Hall–Kier alpha value is -2.86. The van der Waals surface area contributed by atoms with Crippen LogP contribution in [0.5, 0.6) is 0 Å². The van der Waals surface area contributed by atoms with E-state index in [-0.39, 0.29) is 0 Å². The summed E-state index contributed by atoms with van der Waals surface area (Å²) in [5.74, 6) is 0. The molecule has 24 heavy (non-hydrogen) atoms. The van der Waals surface area contributed by atoms with Gasteiger partial charge in [-0.2, -0.15) is 15.3 Å². The average Bonchev–Trinajstić information content (AvgIpc) is 3.27. The first kappa shape index (κ1) is 14.7. The summed E-state index contributed by atoms with van der Waals surface area (Å²) >= 11 is 6.01. The summed E-state index contributed by atoms with van der Waals surface area (Å²) in [4.78, 5) is 0. The van der Waals surface area contributed by atoms with E-state index in [9.17, 15) is 0 Å². The van der Waals surface area contributed by atoms with Crippen molar-refractivity contribution >= 4 is 11.6 Å². The molecule has 0 amide bonds. The predicted octanol–water partition coefficient (Wildman–Crippen LogP) is 3.33. The van der Waals surface area contributed by atoms with Gasteiger partial charge in [0.1, 0.15) is 0 Å². The molecule has 0 atom stereocenters. The maximum atomic E-state index is 6.01. The van der Waals surface area contributed by atoms with Crippen LogP contribution >= 0.6 is 11.6 Å². The van der Waals surface area contributed by atoms with Gasteiger partial charge in [-0.05, 0) is 30.3 Å². The minimum absolute atomic E-state index is 0.696. The van der Waals surface area contributed by atoms with E-state index in [1.165, 1.54) is 0 Å². The number of hydrogen-bond donors (Lipinski definition) is 0. The molecule has 0 spiro atoms. The molecule has 3 heterocycles. The Balaban J connectivity index is 1.89. The van der Waals surface area contributed by atoms with Crippen molar-refractivity contribution in [2.75, 3.05) is 0 Å². The number of aryl methyl sites for hydroxylation is 2. The van der Waals surface area contributed by atoms with E-state index in [1.54, 1.807) is 9.36 Å². The highest BCUT2D eigenvalue weighted by molar-refractivity contribution is 6.30. The third-order valence-corrected chi connectivity index (χ3v) is 4.03. The van der Waals surface area contributed by atoms with Gasteiger partial charge in [0.05, 0.1) is 29.5 Å². The molecule has 3 aromatic heterocycles. The zero-order chi connectivity index (χ0) is 16.7. The molecular formula is C17H15ClN6. The molecule has 0 bridgehead atoms. The summed E-state index contributed by atoms with van der Waals surface area (Å²) < 4.78 is 5.44. The van der Waals surface area contributed by atoms with Gasteiger partial charge in [-0.3, -0.25) is 9.36 Å². The minimum Gasteiger partial charge on any atom is -0.275 e. The van der Waals surface area contributed by atoms with E-state index in [0.29, 0.717) is 5.02 Å². The molecule has 0 aliphatic carbocycles. The van der Waals surface area contributed by atoms with Crippen LogP contribution in [0.3, 0.4) is 0 Å². The summed E-state index contributed by atoms with van der Waals surface area (Å²) in [5.41, 5.74) is 4.72. The minimum atomic E-state index is 0.696. The van der Waals surface area contributed by atoms with E-state index in [0.717, 1.165) is 28.2 Å². The Kier molecular flexibility index (Phi) is 3.46. The van der Waals surface area contributed by atoms with Gasteiger partial charge >= 0.3 is 0 Å². The first-order valence-electron chi connectivity index (χ1n) is 7.44. The molecule has 7 heteroatoms. The molecule has 1 aromatic carbocycles. The lowest BCUT2D eigenvalue weighted by atomic mass is 10.2. The zero-order valence-electron chi connectivity index (χ0n) is 13.3. The van der Waals surface area contributed by atoms with E-state index in [4.69, 9.17) is 16.7 Å². The van der Waals surface area contributed by atoms with Crippen molar-refractivity contribution in [3.05, 3.63) is 60.1 Å². The highest BCUT2D eigenvalue weighted by atomic mass is 35.5. The molecule has 0 saturated carbocycles. The molecule has 0 aliphatic heterocycles. The number of rotatable bonds is 3. The second kappa shape index (κ2) is 5.65. The molecule has 0 N–H and O–H groups in total. The van der Waals surface area contributed by atoms with E-state index in [1.807, 2.05) is 73.9 Å². The van der Waals surface area contributed by atoms with Crippen molar-refractivity contribution in [2.45, 2.75) is 0 Å². The van der Waals surface area contributed by atoms with Crippen LogP contribution in [0, 0.1) is 0 Å². The van der Waals surface area contributed by atoms with Crippen LogP contribution in [0.4, 0.5) is 0 Å². The van der Waals surface area contributed by atoms with Crippen molar-refractivity contribution in [3.8, 4) is 28.2 Å². The van der Waals surface area contributed by atoms with E-state index in [2.05, 4.69) is 10.2 Å². The van der Waals surface area contributed by atoms with Crippen LogP contribution in [0.2, 0.25) is 5.02 Å². The van der Waals surface area contributed by atoms with E-state index < -0.39 is 0 Å². The molecule has 6 nitrogen and oxygen atoms in total. The molecule has 0 aliphatic rings. The van der Waals surface area contributed by atoms with Crippen LogP contribution in [0.15, 0.2) is 55.1 Å². The van der Waals surface area contributed by atoms with Gasteiger partial charge in [-0.25, -0.2) is 4.68 Å². The first-order valence-corrected chi connectivity index (χ1v) is 7.82. The number of benzene rings is 1. The normalized spacial score (nSPS) is 11.1. The summed E-state index contributed by atoms with van der Waals surface area (Å²) in [6, 6.07) is 9.65. The topological polar surface area (TPSA) is 53.5 Å².